The Labute approximate surface area is 91.2 Å². The summed E-state index contributed by atoms with van der Waals surface area (Å²) < 4.78 is 10.8. The molecule has 0 amide bonds. The Bertz CT molecular complexity index is 106. The Morgan fingerprint density at radius 3 is 2.29 bits per heavy atom. The molecule has 4 heteroatoms. The lowest BCUT2D eigenvalue weighted by Crippen LogP contribution is -2.18. The van der Waals surface area contributed by atoms with Crippen LogP contribution in [-0.2, 0) is 9.47 Å². The summed E-state index contributed by atoms with van der Waals surface area (Å²) >= 11 is 1.84. The highest BCUT2D eigenvalue weighted by Gasteiger charge is 2.06. The molecule has 1 N–H and O–H groups in total. The molecule has 0 aromatic heterocycles. The first-order valence-corrected chi connectivity index (χ1v) is 6.42. The van der Waals surface area contributed by atoms with Gasteiger partial charge in [-0.3, -0.25) is 0 Å². The maximum atomic E-state index is 8.58. The summed E-state index contributed by atoms with van der Waals surface area (Å²) in [6.45, 7) is 5.64. The Kier molecular flexibility index (Phi) is 11.5. The molecule has 0 radical (unpaired) electrons. The number of thioether (sulfide) groups is 1. The molecule has 0 aliphatic carbocycles. The van der Waals surface area contributed by atoms with Gasteiger partial charge in [0.05, 0.1) is 0 Å². The van der Waals surface area contributed by atoms with Gasteiger partial charge in [-0.15, -0.1) is 0 Å². The highest BCUT2D eigenvalue weighted by atomic mass is 32.2. The molecule has 0 rings (SSSR count). The monoisotopic (exact) mass is 222 g/mol. The van der Waals surface area contributed by atoms with Crippen molar-refractivity contribution in [3.05, 3.63) is 0 Å². The first-order chi connectivity index (χ1) is 6.85. The summed E-state index contributed by atoms with van der Waals surface area (Å²) in [6, 6.07) is 0. The summed E-state index contributed by atoms with van der Waals surface area (Å²) in [7, 11) is 0. The van der Waals surface area contributed by atoms with Crippen LogP contribution in [-0.4, -0.2) is 42.7 Å². The van der Waals surface area contributed by atoms with E-state index in [0.29, 0.717) is 13.2 Å². The zero-order chi connectivity index (χ0) is 10.6. The fourth-order valence-electron chi connectivity index (χ4n) is 1.03. The molecular weight excluding hydrogens is 200 g/mol. The van der Waals surface area contributed by atoms with E-state index >= 15 is 0 Å². The number of aliphatic hydroxyl groups excluding tert-OH is 1. The van der Waals surface area contributed by atoms with Crippen LogP contribution in [0, 0.1) is 0 Å². The van der Waals surface area contributed by atoms with Gasteiger partial charge in [-0.05, 0) is 31.8 Å². The van der Waals surface area contributed by atoms with Crippen LogP contribution in [0.15, 0.2) is 0 Å². The number of hydrogen-bond acceptors (Lipinski definition) is 4. The minimum atomic E-state index is -0.0494. The van der Waals surface area contributed by atoms with Crippen molar-refractivity contribution in [3.63, 3.8) is 0 Å². The van der Waals surface area contributed by atoms with E-state index in [9.17, 15) is 0 Å². The molecule has 0 saturated heterocycles. The second kappa shape index (κ2) is 11.3. The van der Waals surface area contributed by atoms with E-state index < -0.39 is 0 Å². The Hall–Kier alpha value is 0.230. The smallest absolute Gasteiger partial charge is 0.158 e. The predicted molar refractivity (Wildman–Crippen MR) is 60.7 cm³/mol. The highest BCUT2D eigenvalue weighted by Crippen LogP contribution is 2.09. The van der Waals surface area contributed by atoms with Crippen molar-refractivity contribution in [1.82, 2.24) is 0 Å². The summed E-state index contributed by atoms with van der Waals surface area (Å²) in [5.74, 6) is 2.05. The largest absolute Gasteiger partial charge is 0.396 e. The van der Waals surface area contributed by atoms with E-state index in [1.165, 1.54) is 0 Å². The molecule has 0 aromatic carbocycles. The number of hydrogen-bond donors (Lipinski definition) is 1. The molecule has 3 nitrogen and oxygen atoms in total. The SMILES string of the molecule is CCOC(CCSCCCO)OCC. The van der Waals surface area contributed by atoms with Gasteiger partial charge in [0, 0.05) is 26.2 Å². The molecule has 0 atom stereocenters. The summed E-state index contributed by atoms with van der Waals surface area (Å²) in [4.78, 5) is 0. The maximum absolute atomic E-state index is 8.58. The van der Waals surface area contributed by atoms with Gasteiger partial charge in [0.2, 0.25) is 0 Å². The summed E-state index contributed by atoms with van der Waals surface area (Å²) in [5.41, 5.74) is 0. The highest BCUT2D eigenvalue weighted by molar-refractivity contribution is 7.99. The minimum absolute atomic E-state index is 0.0494. The van der Waals surface area contributed by atoms with Gasteiger partial charge in [-0.1, -0.05) is 0 Å². The lowest BCUT2D eigenvalue weighted by atomic mass is 10.5. The normalized spacial score (nSPS) is 11.1. The molecule has 0 bridgehead atoms. The molecular formula is C10H22O3S. The zero-order valence-electron chi connectivity index (χ0n) is 9.20. The van der Waals surface area contributed by atoms with Crippen molar-refractivity contribution < 1.29 is 14.6 Å². The Morgan fingerprint density at radius 2 is 1.79 bits per heavy atom. The fraction of sp³-hybridized carbons (Fsp3) is 1.00. The minimum Gasteiger partial charge on any atom is -0.396 e. The third-order valence-electron chi connectivity index (χ3n) is 1.65. The molecule has 0 fully saturated rings. The van der Waals surface area contributed by atoms with E-state index in [0.717, 1.165) is 24.3 Å². The first kappa shape index (κ1) is 14.2. The van der Waals surface area contributed by atoms with Crippen LogP contribution in [0.1, 0.15) is 26.7 Å². The second-order valence-corrected chi connectivity index (χ2v) is 4.04. The number of ether oxygens (including phenoxy) is 2. The Balaban J connectivity index is 3.30. The molecule has 0 aromatic rings. The van der Waals surface area contributed by atoms with Gasteiger partial charge >= 0.3 is 0 Å². The lowest BCUT2D eigenvalue weighted by molar-refractivity contribution is -0.136. The average molecular weight is 222 g/mol. The van der Waals surface area contributed by atoms with Crippen molar-refractivity contribution in [2.75, 3.05) is 31.3 Å². The van der Waals surface area contributed by atoms with Crippen molar-refractivity contribution >= 4 is 11.8 Å². The average Bonchev–Trinajstić information content (AvgIpc) is 2.18. The van der Waals surface area contributed by atoms with E-state index in [1.54, 1.807) is 0 Å². The third-order valence-corrected chi connectivity index (χ3v) is 2.75. The summed E-state index contributed by atoms with van der Waals surface area (Å²) in [6.07, 6.45) is 1.75. The molecule has 0 aliphatic rings. The molecule has 14 heavy (non-hydrogen) atoms. The predicted octanol–water partition coefficient (Wildman–Crippen LogP) is 1.89. The third kappa shape index (κ3) is 8.81. The molecule has 0 saturated carbocycles. The van der Waals surface area contributed by atoms with Gasteiger partial charge in [0.15, 0.2) is 6.29 Å². The Morgan fingerprint density at radius 1 is 1.14 bits per heavy atom. The number of aliphatic hydroxyl groups is 1. The fourth-order valence-corrected chi connectivity index (χ4v) is 1.93. The van der Waals surface area contributed by atoms with Crippen LogP contribution in [0.2, 0.25) is 0 Å². The van der Waals surface area contributed by atoms with Crippen LogP contribution < -0.4 is 0 Å². The van der Waals surface area contributed by atoms with E-state index in [2.05, 4.69) is 0 Å². The van der Waals surface area contributed by atoms with Crippen LogP contribution in [0.5, 0.6) is 0 Å². The topological polar surface area (TPSA) is 38.7 Å². The molecule has 86 valence electrons. The van der Waals surface area contributed by atoms with Crippen molar-refractivity contribution in [2.45, 2.75) is 33.0 Å². The van der Waals surface area contributed by atoms with Gasteiger partial charge in [0.1, 0.15) is 0 Å². The first-order valence-electron chi connectivity index (χ1n) is 5.26. The van der Waals surface area contributed by atoms with Gasteiger partial charge in [-0.25, -0.2) is 0 Å². The zero-order valence-corrected chi connectivity index (χ0v) is 10.0. The van der Waals surface area contributed by atoms with Gasteiger partial charge in [-0.2, -0.15) is 11.8 Å². The van der Waals surface area contributed by atoms with Crippen LogP contribution in [0.3, 0.4) is 0 Å². The summed E-state index contributed by atoms with van der Waals surface area (Å²) in [5, 5.41) is 8.58. The quantitative estimate of drug-likeness (QED) is 0.452. The standard InChI is InChI=1S/C10H22O3S/c1-3-12-10(13-4-2)6-9-14-8-5-7-11/h10-11H,3-9H2,1-2H3. The van der Waals surface area contributed by atoms with Gasteiger partial charge in [0.25, 0.3) is 0 Å². The van der Waals surface area contributed by atoms with Gasteiger partial charge < -0.3 is 14.6 Å². The number of rotatable bonds is 10. The molecule has 0 heterocycles. The van der Waals surface area contributed by atoms with Crippen LogP contribution in [0.4, 0.5) is 0 Å². The van der Waals surface area contributed by atoms with Crippen LogP contribution in [0.25, 0.3) is 0 Å². The second-order valence-electron chi connectivity index (χ2n) is 2.82. The van der Waals surface area contributed by atoms with E-state index in [4.69, 9.17) is 14.6 Å². The van der Waals surface area contributed by atoms with Crippen molar-refractivity contribution in [2.24, 2.45) is 0 Å². The molecule has 0 spiro atoms. The van der Waals surface area contributed by atoms with E-state index in [-0.39, 0.29) is 12.9 Å². The molecule has 0 unspecified atom stereocenters. The molecule has 0 aliphatic heterocycles. The van der Waals surface area contributed by atoms with E-state index in [1.807, 2.05) is 25.6 Å². The maximum Gasteiger partial charge on any atom is 0.158 e. The van der Waals surface area contributed by atoms with Crippen molar-refractivity contribution in [3.8, 4) is 0 Å². The van der Waals surface area contributed by atoms with Crippen LogP contribution >= 0.6 is 11.8 Å². The lowest BCUT2D eigenvalue weighted by Gasteiger charge is -2.16. The van der Waals surface area contributed by atoms with Crippen molar-refractivity contribution in [1.29, 1.82) is 0 Å².